The summed E-state index contributed by atoms with van der Waals surface area (Å²) in [5.41, 5.74) is 2.88. The average molecular weight is 341 g/mol. The molecule has 5 nitrogen and oxygen atoms in total. The highest BCUT2D eigenvalue weighted by molar-refractivity contribution is 5.93. The van der Waals surface area contributed by atoms with Crippen molar-refractivity contribution >= 4 is 5.91 Å². The molecule has 1 fully saturated rings. The molecule has 0 aliphatic carbocycles. The quantitative estimate of drug-likeness (QED) is 0.895. The number of aromatic amines is 1. The van der Waals surface area contributed by atoms with E-state index in [4.69, 9.17) is 0 Å². The summed E-state index contributed by atoms with van der Waals surface area (Å²) in [4.78, 5) is 14.6. The normalized spacial score (nSPS) is 16.2. The van der Waals surface area contributed by atoms with E-state index in [1.54, 1.807) is 0 Å². The third kappa shape index (κ3) is 4.48. The van der Waals surface area contributed by atoms with Crippen molar-refractivity contribution in [2.45, 2.75) is 45.6 Å². The number of rotatable bonds is 4. The van der Waals surface area contributed by atoms with Gasteiger partial charge in [0.15, 0.2) is 0 Å². The third-order valence-electron chi connectivity index (χ3n) is 4.81. The Morgan fingerprint density at radius 2 is 2.04 bits per heavy atom. The minimum atomic E-state index is -0.636. The Kier molecular flexibility index (Phi) is 4.95. The number of carbonyl (C=O) groups is 1. The number of benzene rings is 1. The molecule has 2 N–H and O–H groups in total. The van der Waals surface area contributed by atoms with Crippen LogP contribution in [0.25, 0.3) is 11.3 Å². The maximum atomic E-state index is 12.7. The van der Waals surface area contributed by atoms with E-state index >= 15 is 0 Å². The number of H-pyrrole nitrogens is 1. The number of hydrogen-bond acceptors (Lipinski definition) is 3. The summed E-state index contributed by atoms with van der Waals surface area (Å²) in [5, 5.41) is 17.1. The van der Waals surface area contributed by atoms with E-state index in [1.165, 1.54) is 5.56 Å². The lowest BCUT2D eigenvalue weighted by atomic mass is 9.86. The van der Waals surface area contributed by atoms with Crippen LogP contribution >= 0.6 is 0 Å². The number of carbonyl (C=O) groups excluding carboxylic acids is 1. The summed E-state index contributed by atoms with van der Waals surface area (Å²) < 4.78 is 0. The van der Waals surface area contributed by atoms with Crippen molar-refractivity contribution in [2.24, 2.45) is 5.92 Å². The second-order valence-corrected chi connectivity index (χ2v) is 7.79. The van der Waals surface area contributed by atoms with Gasteiger partial charge in [-0.2, -0.15) is 5.10 Å². The number of likely N-dealkylation sites (tertiary alicyclic amines) is 1. The Labute approximate surface area is 149 Å². The number of aliphatic hydroxyl groups is 1. The van der Waals surface area contributed by atoms with Gasteiger partial charge in [-0.1, -0.05) is 23.8 Å². The number of nitrogens with one attached hydrogen (secondary N) is 1. The van der Waals surface area contributed by atoms with Gasteiger partial charge in [-0.15, -0.1) is 0 Å². The highest BCUT2D eigenvalue weighted by atomic mass is 16.3. The lowest BCUT2D eigenvalue weighted by Gasteiger charge is -2.34. The highest BCUT2D eigenvalue weighted by Crippen LogP contribution is 2.27. The molecule has 1 saturated heterocycles. The first-order chi connectivity index (χ1) is 11.8. The van der Waals surface area contributed by atoms with Crippen molar-refractivity contribution in [1.29, 1.82) is 0 Å². The lowest BCUT2D eigenvalue weighted by Crippen LogP contribution is -2.40. The molecule has 2 heterocycles. The molecule has 1 aromatic carbocycles. The molecule has 0 atom stereocenters. The van der Waals surface area contributed by atoms with Crippen LogP contribution in [0.2, 0.25) is 0 Å². The minimum Gasteiger partial charge on any atom is -0.390 e. The summed E-state index contributed by atoms with van der Waals surface area (Å²) in [6, 6.07) is 9.93. The number of aryl methyl sites for hydroxylation is 1. The molecule has 2 aromatic rings. The topological polar surface area (TPSA) is 69.2 Å². The zero-order chi connectivity index (χ0) is 18.0. The molecular formula is C20H27N3O2. The summed E-state index contributed by atoms with van der Waals surface area (Å²) in [7, 11) is 0. The van der Waals surface area contributed by atoms with Crippen LogP contribution < -0.4 is 0 Å². The number of nitrogens with zero attached hydrogens (tertiary/aromatic N) is 2. The van der Waals surface area contributed by atoms with Gasteiger partial charge >= 0.3 is 0 Å². The van der Waals surface area contributed by atoms with Crippen molar-refractivity contribution < 1.29 is 9.90 Å². The van der Waals surface area contributed by atoms with Gasteiger partial charge in [-0.3, -0.25) is 9.89 Å². The first-order valence-corrected chi connectivity index (χ1v) is 8.96. The minimum absolute atomic E-state index is 0.00751. The average Bonchev–Trinajstić information content (AvgIpc) is 3.03. The molecule has 134 valence electrons. The van der Waals surface area contributed by atoms with E-state index in [-0.39, 0.29) is 5.91 Å². The van der Waals surface area contributed by atoms with Gasteiger partial charge in [0.25, 0.3) is 5.91 Å². The number of aromatic nitrogens is 2. The summed E-state index contributed by atoms with van der Waals surface area (Å²) >= 11 is 0. The van der Waals surface area contributed by atoms with Gasteiger partial charge < -0.3 is 10.0 Å². The molecular weight excluding hydrogens is 314 g/mol. The molecule has 0 unspecified atom stereocenters. The van der Waals surface area contributed by atoms with Crippen molar-refractivity contribution in [3.63, 3.8) is 0 Å². The van der Waals surface area contributed by atoms with Gasteiger partial charge in [-0.05, 0) is 58.1 Å². The zero-order valence-corrected chi connectivity index (χ0v) is 15.2. The molecule has 3 rings (SSSR count). The van der Waals surface area contributed by atoms with Crippen LogP contribution in [0.15, 0.2) is 30.3 Å². The molecule has 5 heteroatoms. The van der Waals surface area contributed by atoms with E-state index in [9.17, 15) is 9.90 Å². The summed E-state index contributed by atoms with van der Waals surface area (Å²) in [6.45, 7) is 7.21. The van der Waals surface area contributed by atoms with Crippen LogP contribution in [0.3, 0.4) is 0 Å². The standard InChI is InChI=1S/C20H27N3O2/c1-14-5-4-6-16(11-14)17-12-18(22-21-17)19(24)23-9-7-15(8-10-23)13-20(2,3)25/h4-6,11-12,15,25H,7-10,13H2,1-3H3,(H,21,22). The molecule has 0 saturated carbocycles. The first kappa shape index (κ1) is 17.7. The lowest BCUT2D eigenvalue weighted by molar-refractivity contribution is 0.0357. The van der Waals surface area contributed by atoms with Gasteiger partial charge in [0.1, 0.15) is 5.69 Å². The Morgan fingerprint density at radius 3 is 2.68 bits per heavy atom. The Balaban J connectivity index is 1.63. The van der Waals surface area contributed by atoms with E-state index in [0.717, 1.165) is 43.6 Å². The second-order valence-electron chi connectivity index (χ2n) is 7.79. The molecule has 1 aromatic heterocycles. The van der Waals surface area contributed by atoms with E-state index in [0.29, 0.717) is 11.6 Å². The number of hydrogen-bond donors (Lipinski definition) is 2. The van der Waals surface area contributed by atoms with Gasteiger partial charge in [0.05, 0.1) is 11.3 Å². The van der Waals surface area contributed by atoms with Crippen LogP contribution in [-0.2, 0) is 0 Å². The van der Waals surface area contributed by atoms with Crippen LogP contribution in [0, 0.1) is 12.8 Å². The van der Waals surface area contributed by atoms with E-state index in [2.05, 4.69) is 16.3 Å². The molecule has 0 bridgehead atoms. The van der Waals surface area contributed by atoms with E-state index < -0.39 is 5.60 Å². The molecule has 25 heavy (non-hydrogen) atoms. The van der Waals surface area contributed by atoms with Crippen molar-refractivity contribution in [3.8, 4) is 11.3 Å². The molecule has 1 aliphatic heterocycles. The predicted octanol–water partition coefficient (Wildman–Crippen LogP) is 3.40. The van der Waals surface area contributed by atoms with Crippen molar-refractivity contribution in [2.75, 3.05) is 13.1 Å². The van der Waals surface area contributed by atoms with Gasteiger partial charge in [-0.25, -0.2) is 0 Å². The zero-order valence-electron chi connectivity index (χ0n) is 15.2. The van der Waals surface area contributed by atoms with Gasteiger partial charge in [0, 0.05) is 18.7 Å². The first-order valence-electron chi connectivity index (χ1n) is 8.96. The summed E-state index contributed by atoms with van der Waals surface area (Å²) in [5.74, 6) is 0.488. The maximum absolute atomic E-state index is 12.7. The molecule has 0 spiro atoms. The fourth-order valence-electron chi connectivity index (χ4n) is 3.60. The summed E-state index contributed by atoms with van der Waals surface area (Å²) in [6.07, 6.45) is 2.67. The Bertz CT molecular complexity index is 737. The number of amides is 1. The smallest absolute Gasteiger partial charge is 0.271 e. The monoisotopic (exact) mass is 341 g/mol. The Hall–Kier alpha value is -2.14. The van der Waals surface area contributed by atoms with Crippen LogP contribution in [0.1, 0.15) is 49.2 Å². The van der Waals surface area contributed by atoms with Crippen molar-refractivity contribution in [3.05, 3.63) is 41.6 Å². The second kappa shape index (κ2) is 7.00. The largest absolute Gasteiger partial charge is 0.390 e. The van der Waals surface area contributed by atoms with Crippen LogP contribution in [0.4, 0.5) is 0 Å². The van der Waals surface area contributed by atoms with Crippen LogP contribution in [-0.4, -0.2) is 44.8 Å². The Morgan fingerprint density at radius 1 is 1.32 bits per heavy atom. The number of piperidine rings is 1. The fourth-order valence-corrected chi connectivity index (χ4v) is 3.60. The van der Waals surface area contributed by atoms with Crippen LogP contribution in [0.5, 0.6) is 0 Å². The highest BCUT2D eigenvalue weighted by Gasteiger charge is 2.28. The molecule has 1 aliphatic rings. The van der Waals surface area contributed by atoms with Crippen molar-refractivity contribution in [1.82, 2.24) is 15.1 Å². The maximum Gasteiger partial charge on any atom is 0.271 e. The molecule has 0 radical (unpaired) electrons. The predicted molar refractivity (Wildman–Crippen MR) is 98.3 cm³/mol. The third-order valence-corrected chi connectivity index (χ3v) is 4.81. The van der Waals surface area contributed by atoms with E-state index in [1.807, 2.05) is 49.9 Å². The SMILES string of the molecule is Cc1cccc(-c2cc(C(=O)N3CCC(CC(C)(C)O)CC3)[nH]n2)c1. The fraction of sp³-hybridized carbons (Fsp3) is 0.500. The van der Waals surface area contributed by atoms with Gasteiger partial charge in [0.2, 0.25) is 0 Å². The molecule has 1 amide bonds.